The van der Waals surface area contributed by atoms with Gasteiger partial charge in [-0.05, 0) is 18.6 Å². The van der Waals surface area contributed by atoms with Crippen molar-refractivity contribution in [3.05, 3.63) is 30.4 Å². The van der Waals surface area contributed by atoms with E-state index in [0.29, 0.717) is 0 Å². The lowest BCUT2D eigenvalue weighted by Gasteiger charge is -1.86. The molecule has 0 spiro atoms. The van der Waals surface area contributed by atoms with Gasteiger partial charge in [-0.15, -0.1) is 0 Å². The minimum absolute atomic E-state index is 0.960. The number of rotatable bonds is 3. The number of hydrogen-bond acceptors (Lipinski definition) is 1. The number of imidazole rings is 1. The number of allylic oxidation sites excluding steroid dienone is 1. The summed E-state index contributed by atoms with van der Waals surface area (Å²) in [5, 5.41) is 0. The summed E-state index contributed by atoms with van der Waals surface area (Å²) in [7, 11) is 0. The Morgan fingerprint density at radius 1 is 1.73 bits per heavy atom. The number of nitrogens with one attached hydrogen (secondary N) is 1. The molecule has 58 valence electrons. The molecule has 0 saturated heterocycles. The van der Waals surface area contributed by atoms with Crippen molar-refractivity contribution in [2.75, 3.05) is 0 Å². The van der Waals surface area contributed by atoms with E-state index in [0.717, 1.165) is 17.8 Å². The molecule has 1 aromatic heterocycles. The lowest BCUT2D eigenvalue weighted by molar-refractivity contribution is 1.23. The van der Waals surface area contributed by atoms with Gasteiger partial charge in [0.15, 0.2) is 0 Å². The van der Waals surface area contributed by atoms with Crippen molar-refractivity contribution in [2.45, 2.75) is 13.3 Å². The van der Waals surface area contributed by atoms with Crippen LogP contribution in [0.2, 0.25) is 0 Å². The summed E-state index contributed by atoms with van der Waals surface area (Å²) >= 11 is 0. The summed E-state index contributed by atoms with van der Waals surface area (Å²) in [6, 6.07) is 0. The second-order valence-electron chi connectivity index (χ2n) is 2.22. The monoisotopic (exact) mass is 148 g/mol. The third-order valence-corrected chi connectivity index (χ3v) is 1.42. The number of aromatic amines is 1. The molecule has 2 nitrogen and oxygen atoms in total. The maximum atomic E-state index is 4.11. The first-order valence-corrected chi connectivity index (χ1v) is 3.70. The molecule has 11 heavy (non-hydrogen) atoms. The summed E-state index contributed by atoms with van der Waals surface area (Å²) in [6.45, 7) is 5.76. The van der Waals surface area contributed by atoms with Gasteiger partial charge in [-0.2, -0.15) is 0 Å². The van der Waals surface area contributed by atoms with Gasteiger partial charge in [-0.1, -0.05) is 19.6 Å². The van der Waals surface area contributed by atoms with E-state index in [4.69, 9.17) is 0 Å². The van der Waals surface area contributed by atoms with Gasteiger partial charge >= 0.3 is 0 Å². The number of nitrogens with zero attached hydrogens (tertiary/aromatic N) is 1. The molecule has 1 N–H and O–H groups in total. The van der Waals surface area contributed by atoms with Crippen LogP contribution in [-0.2, 0) is 0 Å². The van der Waals surface area contributed by atoms with Crippen molar-refractivity contribution in [1.82, 2.24) is 9.97 Å². The molecule has 0 fully saturated rings. The van der Waals surface area contributed by atoms with E-state index in [1.54, 1.807) is 12.4 Å². The normalized spacial score (nSPS) is 10.6. The van der Waals surface area contributed by atoms with Gasteiger partial charge in [0.1, 0.15) is 0 Å². The zero-order chi connectivity index (χ0) is 8.10. The van der Waals surface area contributed by atoms with Gasteiger partial charge in [0.05, 0.1) is 17.7 Å². The number of H-pyrrole nitrogens is 1. The maximum Gasteiger partial charge on any atom is 0.0931 e. The van der Waals surface area contributed by atoms with Crippen LogP contribution in [0, 0.1) is 0 Å². The smallest absolute Gasteiger partial charge is 0.0931 e. The summed E-state index contributed by atoms with van der Waals surface area (Å²) in [5.41, 5.74) is 1.94. The fraction of sp³-hybridized carbons (Fsp3) is 0.222. The van der Waals surface area contributed by atoms with Crippen molar-refractivity contribution in [2.24, 2.45) is 0 Å². The van der Waals surface area contributed by atoms with Crippen LogP contribution in [0.5, 0.6) is 0 Å². The highest BCUT2D eigenvalue weighted by Crippen LogP contribution is 2.06. The average Bonchev–Trinajstić information content (AvgIpc) is 2.47. The van der Waals surface area contributed by atoms with Crippen LogP contribution >= 0.6 is 0 Å². The van der Waals surface area contributed by atoms with Crippen molar-refractivity contribution in [3.63, 3.8) is 0 Å². The molecule has 0 bridgehead atoms. The van der Waals surface area contributed by atoms with E-state index in [-0.39, 0.29) is 0 Å². The van der Waals surface area contributed by atoms with Gasteiger partial charge in [0, 0.05) is 0 Å². The minimum atomic E-state index is 0.960. The Balaban J connectivity index is 2.84. The number of hydrogen-bond donors (Lipinski definition) is 1. The molecular weight excluding hydrogens is 136 g/mol. The van der Waals surface area contributed by atoms with Gasteiger partial charge in [-0.25, -0.2) is 4.98 Å². The Kier molecular flexibility index (Phi) is 2.66. The highest BCUT2D eigenvalue weighted by Gasteiger charge is 1.94. The lowest BCUT2D eigenvalue weighted by Crippen LogP contribution is -1.75. The molecule has 0 aliphatic carbocycles. The average molecular weight is 148 g/mol. The molecule has 0 atom stereocenters. The summed E-state index contributed by atoms with van der Waals surface area (Å²) in [5.74, 6) is 0. The molecular formula is C9H12N2. The predicted molar refractivity (Wildman–Crippen MR) is 48.0 cm³/mol. The van der Waals surface area contributed by atoms with Crippen LogP contribution in [0.3, 0.4) is 0 Å². The Bertz CT molecular complexity index is 258. The van der Waals surface area contributed by atoms with Crippen molar-refractivity contribution >= 4 is 12.2 Å². The molecule has 0 aromatic carbocycles. The first-order chi connectivity index (χ1) is 5.38. The Hall–Kier alpha value is -1.31. The molecule has 2 heteroatoms. The Labute approximate surface area is 66.7 Å². The van der Waals surface area contributed by atoms with Crippen molar-refractivity contribution in [3.8, 4) is 0 Å². The van der Waals surface area contributed by atoms with E-state index >= 15 is 0 Å². The molecule has 0 saturated carbocycles. The van der Waals surface area contributed by atoms with Crippen molar-refractivity contribution < 1.29 is 0 Å². The molecule has 1 heterocycles. The largest absolute Gasteiger partial charge is 0.345 e. The lowest BCUT2D eigenvalue weighted by atomic mass is 10.3. The summed E-state index contributed by atoms with van der Waals surface area (Å²) in [4.78, 5) is 7.09. The molecule has 0 aliphatic heterocycles. The molecule has 0 aliphatic rings. The second kappa shape index (κ2) is 3.76. The molecule has 1 rings (SSSR count). The Morgan fingerprint density at radius 2 is 2.55 bits per heavy atom. The fourth-order valence-electron chi connectivity index (χ4n) is 0.841. The van der Waals surface area contributed by atoms with Crippen molar-refractivity contribution in [1.29, 1.82) is 0 Å². The maximum absolute atomic E-state index is 4.11. The van der Waals surface area contributed by atoms with Crippen LogP contribution in [0.4, 0.5) is 0 Å². The second-order valence-corrected chi connectivity index (χ2v) is 2.22. The predicted octanol–water partition coefficient (Wildman–Crippen LogP) is 2.48. The number of aromatic nitrogens is 2. The standard InChI is InChI=1S/C9H12N2/c1-3-5-6-9-8(4-2)10-7-11-9/h4-7H,2-3H2,1H3,(H,10,11)/b6-5-. The van der Waals surface area contributed by atoms with E-state index in [2.05, 4.69) is 29.5 Å². The first kappa shape index (κ1) is 7.79. The van der Waals surface area contributed by atoms with E-state index in [1.165, 1.54) is 0 Å². The summed E-state index contributed by atoms with van der Waals surface area (Å²) in [6.07, 6.45) is 8.54. The molecule has 0 radical (unpaired) electrons. The zero-order valence-corrected chi connectivity index (χ0v) is 6.67. The SMILES string of the molecule is C=Cc1[nH]cnc1/C=C\CC. The van der Waals surface area contributed by atoms with Crippen LogP contribution in [-0.4, -0.2) is 9.97 Å². The van der Waals surface area contributed by atoms with E-state index in [1.807, 2.05) is 6.08 Å². The third-order valence-electron chi connectivity index (χ3n) is 1.42. The van der Waals surface area contributed by atoms with Crippen LogP contribution in [0.1, 0.15) is 24.7 Å². The quantitative estimate of drug-likeness (QED) is 0.700. The van der Waals surface area contributed by atoms with E-state index in [9.17, 15) is 0 Å². The third kappa shape index (κ3) is 1.80. The molecule has 0 amide bonds. The first-order valence-electron chi connectivity index (χ1n) is 3.70. The van der Waals surface area contributed by atoms with Gasteiger partial charge < -0.3 is 4.98 Å². The Morgan fingerprint density at radius 3 is 3.18 bits per heavy atom. The summed E-state index contributed by atoms with van der Waals surface area (Å²) < 4.78 is 0. The van der Waals surface area contributed by atoms with Gasteiger partial charge in [0.25, 0.3) is 0 Å². The molecule has 0 unspecified atom stereocenters. The highest BCUT2D eigenvalue weighted by atomic mass is 14.9. The molecule has 1 aromatic rings. The van der Waals surface area contributed by atoms with Gasteiger partial charge in [0.2, 0.25) is 0 Å². The van der Waals surface area contributed by atoms with Crippen LogP contribution in [0.25, 0.3) is 12.2 Å². The topological polar surface area (TPSA) is 28.7 Å². The van der Waals surface area contributed by atoms with Crippen LogP contribution < -0.4 is 0 Å². The van der Waals surface area contributed by atoms with Crippen LogP contribution in [0.15, 0.2) is 19.0 Å². The minimum Gasteiger partial charge on any atom is -0.345 e. The van der Waals surface area contributed by atoms with Gasteiger partial charge in [-0.3, -0.25) is 0 Å². The zero-order valence-electron chi connectivity index (χ0n) is 6.67. The highest BCUT2D eigenvalue weighted by molar-refractivity contribution is 5.58. The van der Waals surface area contributed by atoms with E-state index < -0.39 is 0 Å². The fourth-order valence-corrected chi connectivity index (χ4v) is 0.841.